The predicted octanol–water partition coefficient (Wildman–Crippen LogP) is 1.86. The van der Waals surface area contributed by atoms with Gasteiger partial charge >= 0.3 is 6.03 Å². The van der Waals surface area contributed by atoms with Crippen LogP contribution < -0.4 is 16.4 Å². The van der Waals surface area contributed by atoms with Crippen LogP contribution in [0.15, 0.2) is 23.4 Å². The van der Waals surface area contributed by atoms with E-state index in [0.717, 1.165) is 0 Å². The number of nitrogens with zero attached hydrogens (tertiary/aromatic N) is 1. The quantitative estimate of drug-likeness (QED) is 0.293. The number of carbonyl (C=O) groups excluding carboxylic acids is 1. The van der Waals surface area contributed by atoms with Gasteiger partial charge in [-0.05, 0) is 18.2 Å². The summed E-state index contributed by atoms with van der Waals surface area (Å²) in [6.07, 6.45) is 0. The third kappa shape index (κ3) is 4.38. The molecule has 0 aliphatic rings. The predicted molar refractivity (Wildman–Crippen MR) is 66.9 cm³/mol. The molecule has 1 rings (SSSR count). The van der Waals surface area contributed by atoms with Crippen LogP contribution in [0.2, 0.25) is 10.0 Å². The van der Waals surface area contributed by atoms with Crippen LogP contribution in [0, 0.1) is 0 Å². The number of anilines is 1. The summed E-state index contributed by atoms with van der Waals surface area (Å²) in [5, 5.41) is 16.6. The molecule has 0 spiro atoms. The van der Waals surface area contributed by atoms with Crippen molar-refractivity contribution in [3.8, 4) is 0 Å². The Bertz CT molecular complexity index is 451. The van der Waals surface area contributed by atoms with Crippen LogP contribution in [0.5, 0.6) is 0 Å². The molecule has 0 atom stereocenters. The number of rotatable bonds is 3. The van der Waals surface area contributed by atoms with Gasteiger partial charge in [0, 0.05) is 5.02 Å². The Labute approximate surface area is 107 Å². The van der Waals surface area contributed by atoms with E-state index in [1.165, 1.54) is 6.07 Å². The molecular formula is C9H10Cl2N4O2. The fraction of sp³-hybridized carbons (Fsp3) is 0.111. The molecule has 0 aliphatic heterocycles. The highest BCUT2D eigenvalue weighted by Crippen LogP contribution is 2.25. The average molecular weight is 277 g/mol. The van der Waals surface area contributed by atoms with Gasteiger partial charge in [-0.25, -0.2) is 4.79 Å². The van der Waals surface area contributed by atoms with Gasteiger partial charge < -0.3 is 21.6 Å². The highest BCUT2D eigenvalue weighted by molar-refractivity contribution is 6.35. The smallest absolute Gasteiger partial charge is 0.319 e. The maximum Gasteiger partial charge on any atom is 0.319 e. The van der Waals surface area contributed by atoms with Crippen LogP contribution in [-0.2, 0) is 0 Å². The van der Waals surface area contributed by atoms with Crippen LogP contribution in [0.3, 0.4) is 0 Å². The molecule has 0 aromatic heterocycles. The summed E-state index contributed by atoms with van der Waals surface area (Å²) in [6.45, 7) is -0.0828. The lowest BCUT2D eigenvalue weighted by Gasteiger charge is -2.08. The molecule has 92 valence electrons. The molecule has 0 saturated carbocycles. The summed E-state index contributed by atoms with van der Waals surface area (Å²) in [5.74, 6) is -0.114. The van der Waals surface area contributed by atoms with Gasteiger partial charge in [0.2, 0.25) is 0 Å². The van der Waals surface area contributed by atoms with Gasteiger partial charge in [0.05, 0.1) is 17.3 Å². The van der Waals surface area contributed by atoms with Crippen molar-refractivity contribution >= 4 is 40.8 Å². The molecule has 1 aromatic rings. The summed E-state index contributed by atoms with van der Waals surface area (Å²) in [6, 6.07) is 4.13. The van der Waals surface area contributed by atoms with Gasteiger partial charge in [0.15, 0.2) is 5.84 Å². The van der Waals surface area contributed by atoms with Gasteiger partial charge in [-0.15, -0.1) is 0 Å². The zero-order valence-electron chi connectivity index (χ0n) is 8.58. The van der Waals surface area contributed by atoms with E-state index >= 15 is 0 Å². The highest BCUT2D eigenvalue weighted by atomic mass is 35.5. The molecule has 8 heteroatoms. The van der Waals surface area contributed by atoms with Gasteiger partial charge in [-0.1, -0.05) is 28.4 Å². The number of hydrogen-bond acceptors (Lipinski definition) is 3. The summed E-state index contributed by atoms with van der Waals surface area (Å²) in [5.41, 5.74) is 5.55. The van der Waals surface area contributed by atoms with E-state index in [-0.39, 0.29) is 12.4 Å². The molecule has 1 aromatic carbocycles. The average Bonchev–Trinajstić information content (AvgIpc) is 2.30. The van der Waals surface area contributed by atoms with Crippen molar-refractivity contribution in [3.05, 3.63) is 28.2 Å². The van der Waals surface area contributed by atoms with Crippen molar-refractivity contribution in [2.75, 3.05) is 11.9 Å². The number of amidine groups is 1. The molecule has 0 heterocycles. The van der Waals surface area contributed by atoms with E-state index in [2.05, 4.69) is 15.8 Å². The number of amides is 2. The fourth-order valence-corrected chi connectivity index (χ4v) is 1.30. The monoisotopic (exact) mass is 276 g/mol. The standard InChI is InChI=1S/C9H10Cl2N4O2/c10-5-1-2-6(11)7(3-5)14-9(16)13-4-8(12)15-17/h1-3,17H,4H2,(H2,12,15)(H2,13,14,16). The van der Waals surface area contributed by atoms with Crippen molar-refractivity contribution in [3.63, 3.8) is 0 Å². The van der Waals surface area contributed by atoms with Crippen molar-refractivity contribution < 1.29 is 10.0 Å². The summed E-state index contributed by atoms with van der Waals surface area (Å²) in [7, 11) is 0. The topological polar surface area (TPSA) is 99.7 Å². The Morgan fingerprint density at radius 2 is 2.18 bits per heavy atom. The Kier molecular flexibility index (Phi) is 4.86. The number of hydrogen-bond donors (Lipinski definition) is 4. The first-order valence-corrected chi connectivity index (χ1v) is 5.25. The second-order valence-corrected chi connectivity index (χ2v) is 3.87. The van der Waals surface area contributed by atoms with E-state index in [1.807, 2.05) is 0 Å². The number of nitrogens with one attached hydrogen (secondary N) is 2. The van der Waals surface area contributed by atoms with Crippen molar-refractivity contribution in [2.24, 2.45) is 10.9 Å². The van der Waals surface area contributed by atoms with Gasteiger partial charge in [0.25, 0.3) is 0 Å². The minimum Gasteiger partial charge on any atom is -0.409 e. The van der Waals surface area contributed by atoms with Crippen molar-refractivity contribution in [2.45, 2.75) is 0 Å². The third-order valence-electron chi connectivity index (χ3n) is 1.74. The molecular weight excluding hydrogens is 267 g/mol. The van der Waals surface area contributed by atoms with Crippen LogP contribution in [0.1, 0.15) is 0 Å². The lowest BCUT2D eigenvalue weighted by molar-refractivity contribution is 0.253. The normalized spacial score (nSPS) is 11.1. The second kappa shape index (κ2) is 6.17. The van der Waals surface area contributed by atoms with Gasteiger partial charge in [-0.2, -0.15) is 0 Å². The lowest BCUT2D eigenvalue weighted by atomic mass is 10.3. The molecule has 0 fully saturated rings. The summed E-state index contributed by atoms with van der Waals surface area (Å²) < 4.78 is 0. The fourth-order valence-electron chi connectivity index (χ4n) is 0.966. The Morgan fingerprint density at radius 1 is 1.47 bits per heavy atom. The molecule has 6 nitrogen and oxygen atoms in total. The van der Waals surface area contributed by atoms with E-state index in [0.29, 0.717) is 15.7 Å². The molecule has 0 bridgehead atoms. The maximum atomic E-state index is 11.4. The SMILES string of the molecule is N/C(CNC(=O)Nc1cc(Cl)ccc1Cl)=N/O. The van der Waals surface area contributed by atoms with E-state index in [1.54, 1.807) is 12.1 Å². The van der Waals surface area contributed by atoms with E-state index in [4.69, 9.17) is 34.1 Å². The summed E-state index contributed by atoms with van der Waals surface area (Å²) in [4.78, 5) is 11.4. The second-order valence-electron chi connectivity index (χ2n) is 3.02. The molecule has 17 heavy (non-hydrogen) atoms. The number of oxime groups is 1. The first-order chi connectivity index (χ1) is 8.02. The largest absolute Gasteiger partial charge is 0.409 e. The lowest BCUT2D eigenvalue weighted by Crippen LogP contribution is -2.36. The first-order valence-electron chi connectivity index (χ1n) is 4.49. The maximum absolute atomic E-state index is 11.4. The summed E-state index contributed by atoms with van der Waals surface area (Å²) >= 11 is 11.6. The minimum atomic E-state index is -0.541. The zero-order chi connectivity index (χ0) is 12.8. The van der Waals surface area contributed by atoms with Gasteiger partial charge in [-0.3, -0.25) is 0 Å². The minimum absolute atomic E-state index is 0.0828. The number of halogens is 2. The molecule has 5 N–H and O–H groups in total. The first kappa shape index (κ1) is 13.4. The third-order valence-corrected chi connectivity index (χ3v) is 2.30. The van der Waals surface area contributed by atoms with Crippen LogP contribution >= 0.6 is 23.2 Å². The van der Waals surface area contributed by atoms with Crippen molar-refractivity contribution in [1.82, 2.24) is 5.32 Å². The zero-order valence-corrected chi connectivity index (χ0v) is 10.1. The number of benzene rings is 1. The van der Waals surface area contributed by atoms with E-state index < -0.39 is 6.03 Å². The molecule has 0 aliphatic carbocycles. The van der Waals surface area contributed by atoms with Crippen LogP contribution in [0.25, 0.3) is 0 Å². The Morgan fingerprint density at radius 3 is 2.82 bits per heavy atom. The van der Waals surface area contributed by atoms with E-state index in [9.17, 15) is 4.79 Å². The molecule has 2 amide bonds. The Balaban J connectivity index is 2.59. The molecule has 0 radical (unpaired) electrons. The number of carbonyl (C=O) groups is 1. The Hall–Kier alpha value is -1.66. The van der Waals surface area contributed by atoms with Crippen molar-refractivity contribution in [1.29, 1.82) is 0 Å². The molecule has 0 saturated heterocycles. The number of urea groups is 1. The van der Waals surface area contributed by atoms with Crippen LogP contribution in [-0.4, -0.2) is 23.6 Å². The molecule has 0 unspecified atom stereocenters. The van der Waals surface area contributed by atoms with Crippen LogP contribution in [0.4, 0.5) is 10.5 Å². The number of nitrogens with two attached hydrogens (primary N) is 1. The highest BCUT2D eigenvalue weighted by Gasteiger charge is 2.06. The van der Waals surface area contributed by atoms with Gasteiger partial charge in [0.1, 0.15) is 0 Å².